The largest absolute Gasteiger partial charge is 0.309 e. The van der Waals surface area contributed by atoms with E-state index in [1.807, 2.05) is 0 Å². The Kier molecular flexibility index (Phi) is 11.6. The maximum atomic E-state index is 2.43. The van der Waals surface area contributed by atoms with Crippen LogP contribution in [0.4, 0.5) is 0 Å². The summed E-state index contributed by atoms with van der Waals surface area (Å²) >= 11 is 0. The second-order valence-electron chi connectivity index (χ2n) is 20.9. The average molecular weight is 1020 g/mol. The normalized spacial score (nSPS) is 11.5. The minimum absolute atomic E-state index is 1.13. The van der Waals surface area contributed by atoms with Gasteiger partial charge in [0, 0.05) is 32.8 Å². The predicted octanol–water partition coefficient (Wildman–Crippen LogP) is 21.2. The van der Waals surface area contributed by atoms with E-state index in [0.717, 1.165) is 5.69 Å². The first kappa shape index (κ1) is 46.7. The maximum Gasteiger partial charge on any atom is 0.0541 e. The number of hydrogen-bond donors (Lipinski definition) is 0. The van der Waals surface area contributed by atoms with Crippen molar-refractivity contribution in [2.45, 2.75) is 0 Å². The Labute approximate surface area is 466 Å². The molecule has 80 heavy (non-hydrogen) atoms. The molecule has 2 heterocycles. The van der Waals surface area contributed by atoms with Gasteiger partial charge >= 0.3 is 0 Å². The molecule has 0 saturated heterocycles. The highest BCUT2D eigenvalue weighted by Crippen LogP contribution is 2.41. The van der Waals surface area contributed by atoms with E-state index in [9.17, 15) is 0 Å². The first-order chi connectivity index (χ1) is 39.6. The predicted molar refractivity (Wildman–Crippen MR) is 339 cm³/mol. The molecule has 0 fully saturated rings. The fourth-order valence-electron chi connectivity index (χ4n) is 12.2. The summed E-state index contributed by atoms with van der Waals surface area (Å²) in [6, 6.07) is 115. The lowest BCUT2D eigenvalue weighted by atomic mass is 9.94. The molecule has 0 radical (unpaired) electrons. The molecule has 374 valence electrons. The summed E-state index contributed by atoms with van der Waals surface area (Å²) < 4.78 is 4.86. The van der Waals surface area contributed by atoms with E-state index in [-0.39, 0.29) is 0 Å². The molecule has 0 spiro atoms. The summed E-state index contributed by atoms with van der Waals surface area (Å²) in [6.45, 7) is 0. The van der Waals surface area contributed by atoms with Crippen LogP contribution in [0.25, 0.3) is 144 Å². The maximum absolute atomic E-state index is 2.43. The molecule has 0 amide bonds. The van der Waals surface area contributed by atoms with E-state index in [0.29, 0.717) is 0 Å². The number of para-hydroxylation sites is 3. The van der Waals surface area contributed by atoms with Crippen molar-refractivity contribution >= 4 is 43.6 Å². The van der Waals surface area contributed by atoms with Crippen molar-refractivity contribution in [2.24, 2.45) is 0 Å². The lowest BCUT2D eigenvalue weighted by Crippen LogP contribution is -1.97. The van der Waals surface area contributed by atoms with Gasteiger partial charge in [-0.25, -0.2) is 0 Å². The van der Waals surface area contributed by atoms with Gasteiger partial charge in [-0.05, 0) is 156 Å². The van der Waals surface area contributed by atoms with Crippen LogP contribution in [0, 0.1) is 0 Å². The summed E-state index contributed by atoms with van der Waals surface area (Å²) in [5, 5.41) is 4.95. The van der Waals surface area contributed by atoms with Gasteiger partial charge in [0.1, 0.15) is 0 Å². The standard InChI is InChI=1S/C78H52N2/c1-3-17-53(18-4-1)59-21-13-22-60(47-59)54-35-37-55(38-36-54)61-23-14-25-63(48-61)64-26-15-24-62(49-64)56-39-41-57(42-40-56)65-27-16-28-68(50-65)79-75-33-11-8-30-70(75)72-51-66(43-45-77(72)79)67-44-46-78-73(52-67)71-31-9-12-34-76(71)80(78)74-32-10-7-29-69(74)58-19-5-2-6-20-58/h1-52H. The molecule has 0 saturated carbocycles. The molecule has 2 aromatic heterocycles. The topological polar surface area (TPSA) is 9.86 Å². The molecule has 15 rings (SSSR count). The molecule has 15 aromatic rings. The van der Waals surface area contributed by atoms with E-state index >= 15 is 0 Å². The SMILES string of the molecule is c1ccc(-c2cccc(-c3ccc(-c4cccc(-c5cccc(-c6ccc(-c7cccc(-n8c9ccccc9c9cc(-c%10ccc%11c(c%10)c%10ccccc%10n%11-c%10ccccc%10-c%10ccccc%10)ccc98)c7)cc6)c5)c4)cc3)c2)cc1. The van der Waals surface area contributed by atoms with Crippen LogP contribution in [-0.4, -0.2) is 9.13 Å². The molecule has 0 aliphatic carbocycles. The third-order valence-electron chi connectivity index (χ3n) is 16.1. The number of hydrogen-bond acceptors (Lipinski definition) is 0. The molecule has 0 atom stereocenters. The lowest BCUT2D eigenvalue weighted by Gasteiger charge is -2.14. The van der Waals surface area contributed by atoms with Crippen LogP contribution in [0.15, 0.2) is 315 Å². The van der Waals surface area contributed by atoms with Crippen LogP contribution in [0.3, 0.4) is 0 Å². The van der Waals surface area contributed by atoms with Crippen molar-refractivity contribution < 1.29 is 0 Å². The summed E-state index contributed by atoms with van der Waals surface area (Å²) in [5.74, 6) is 0. The Morgan fingerprint density at radius 3 is 0.975 bits per heavy atom. The molecule has 0 N–H and O–H groups in total. The average Bonchev–Trinajstić information content (AvgIpc) is 4.24. The molecule has 0 bridgehead atoms. The van der Waals surface area contributed by atoms with Gasteiger partial charge in [0.2, 0.25) is 0 Å². The Bertz CT molecular complexity index is 4790. The molecular weight excluding hydrogens is 965 g/mol. The van der Waals surface area contributed by atoms with Gasteiger partial charge in [0.25, 0.3) is 0 Å². The quantitative estimate of drug-likeness (QED) is 0.129. The molecular formula is C78H52N2. The molecule has 2 heteroatoms. The molecule has 0 aliphatic rings. The van der Waals surface area contributed by atoms with E-state index < -0.39 is 0 Å². The molecule has 2 nitrogen and oxygen atoms in total. The first-order valence-corrected chi connectivity index (χ1v) is 27.5. The van der Waals surface area contributed by atoms with Crippen LogP contribution >= 0.6 is 0 Å². The van der Waals surface area contributed by atoms with Gasteiger partial charge in [0.15, 0.2) is 0 Å². The number of aromatic nitrogens is 2. The van der Waals surface area contributed by atoms with Gasteiger partial charge in [0.05, 0.1) is 27.8 Å². The minimum atomic E-state index is 1.13. The van der Waals surface area contributed by atoms with Crippen molar-refractivity contribution in [1.82, 2.24) is 9.13 Å². The second kappa shape index (κ2) is 19.8. The summed E-state index contributed by atoms with van der Waals surface area (Å²) in [6.07, 6.45) is 0. The Balaban J connectivity index is 0.706. The monoisotopic (exact) mass is 1020 g/mol. The third kappa shape index (κ3) is 8.39. The van der Waals surface area contributed by atoms with Crippen LogP contribution < -0.4 is 0 Å². The lowest BCUT2D eigenvalue weighted by molar-refractivity contribution is 1.18. The molecule has 0 unspecified atom stereocenters. The fraction of sp³-hybridized carbons (Fsp3) is 0. The zero-order chi connectivity index (χ0) is 52.9. The highest BCUT2D eigenvalue weighted by Gasteiger charge is 2.19. The van der Waals surface area contributed by atoms with Crippen LogP contribution in [0.2, 0.25) is 0 Å². The van der Waals surface area contributed by atoms with Crippen LogP contribution in [0.5, 0.6) is 0 Å². The smallest absolute Gasteiger partial charge is 0.0541 e. The summed E-state index contributed by atoms with van der Waals surface area (Å²) in [7, 11) is 0. The minimum Gasteiger partial charge on any atom is -0.309 e. The van der Waals surface area contributed by atoms with E-state index in [4.69, 9.17) is 0 Å². The van der Waals surface area contributed by atoms with Gasteiger partial charge in [-0.3, -0.25) is 0 Å². The molecule has 13 aromatic carbocycles. The fourth-order valence-corrected chi connectivity index (χ4v) is 12.2. The number of nitrogens with zero attached hydrogens (tertiary/aromatic N) is 2. The van der Waals surface area contributed by atoms with Crippen LogP contribution in [-0.2, 0) is 0 Å². The first-order valence-electron chi connectivity index (χ1n) is 27.5. The van der Waals surface area contributed by atoms with Crippen LogP contribution in [0.1, 0.15) is 0 Å². The van der Waals surface area contributed by atoms with Gasteiger partial charge in [-0.2, -0.15) is 0 Å². The summed E-state index contributed by atoms with van der Waals surface area (Å²) in [4.78, 5) is 0. The van der Waals surface area contributed by atoms with E-state index in [2.05, 4.69) is 325 Å². The van der Waals surface area contributed by atoms with Gasteiger partial charge in [-0.1, -0.05) is 243 Å². The Morgan fingerprint density at radius 2 is 0.475 bits per heavy atom. The van der Waals surface area contributed by atoms with Crippen molar-refractivity contribution in [3.05, 3.63) is 315 Å². The van der Waals surface area contributed by atoms with Crippen molar-refractivity contribution in [3.63, 3.8) is 0 Å². The van der Waals surface area contributed by atoms with Crippen molar-refractivity contribution in [3.8, 4) is 100 Å². The van der Waals surface area contributed by atoms with Gasteiger partial charge in [-0.15, -0.1) is 0 Å². The van der Waals surface area contributed by atoms with E-state index in [1.54, 1.807) is 0 Å². The van der Waals surface area contributed by atoms with E-state index in [1.165, 1.54) is 138 Å². The zero-order valence-electron chi connectivity index (χ0n) is 43.9. The van der Waals surface area contributed by atoms with Crippen molar-refractivity contribution in [2.75, 3.05) is 0 Å². The number of rotatable bonds is 10. The second-order valence-corrected chi connectivity index (χ2v) is 20.9. The third-order valence-corrected chi connectivity index (χ3v) is 16.1. The number of fused-ring (bicyclic) bond motifs is 6. The zero-order valence-corrected chi connectivity index (χ0v) is 43.9. The highest BCUT2D eigenvalue weighted by molar-refractivity contribution is 6.13. The Hall–Kier alpha value is -10.5. The van der Waals surface area contributed by atoms with Gasteiger partial charge < -0.3 is 9.13 Å². The number of benzene rings is 13. The Morgan fingerprint density at radius 1 is 0.163 bits per heavy atom. The molecule has 0 aliphatic heterocycles. The van der Waals surface area contributed by atoms with Crippen molar-refractivity contribution in [1.29, 1.82) is 0 Å². The highest BCUT2D eigenvalue weighted by atomic mass is 15.0. The summed E-state index contributed by atoms with van der Waals surface area (Å²) in [5.41, 5.74) is 26.3.